The fourth-order valence-electron chi connectivity index (χ4n) is 4.35. The average molecular weight is 603 g/mol. The second kappa shape index (κ2) is 11.6. The van der Waals surface area contributed by atoms with Gasteiger partial charge in [0.05, 0.1) is 17.8 Å². The van der Waals surface area contributed by atoms with Crippen LogP contribution >= 0.6 is 23.5 Å². The lowest BCUT2D eigenvalue weighted by Crippen LogP contribution is -2.33. The Morgan fingerprint density at radius 2 is 1.66 bits per heavy atom. The number of phenolic OH excluding ortho intramolecular Hbond substituents is 2. The first-order valence-corrected chi connectivity index (χ1v) is 15.0. The number of benzene rings is 2. The third kappa shape index (κ3) is 6.65. The van der Waals surface area contributed by atoms with Crippen LogP contribution in [0.15, 0.2) is 46.4 Å². The fourth-order valence-corrected chi connectivity index (χ4v) is 6.60. The van der Waals surface area contributed by atoms with Crippen LogP contribution in [0.1, 0.15) is 57.7 Å². The molecule has 0 saturated carbocycles. The van der Waals surface area contributed by atoms with Crippen molar-refractivity contribution in [1.82, 2.24) is 0 Å². The molecule has 12 heteroatoms. The Morgan fingerprint density at radius 3 is 2.27 bits per heavy atom. The van der Waals surface area contributed by atoms with Gasteiger partial charge in [-0.25, -0.2) is 9.59 Å². The van der Waals surface area contributed by atoms with E-state index in [1.54, 1.807) is 43.3 Å². The summed E-state index contributed by atoms with van der Waals surface area (Å²) in [6.45, 7) is 9.23. The van der Waals surface area contributed by atoms with Gasteiger partial charge in [-0.05, 0) is 52.8 Å². The maximum Gasteiger partial charge on any atom is 0.332 e. The van der Waals surface area contributed by atoms with E-state index in [-0.39, 0.29) is 29.6 Å². The van der Waals surface area contributed by atoms with Gasteiger partial charge < -0.3 is 29.9 Å². The van der Waals surface area contributed by atoms with Gasteiger partial charge in [-0.15, -0.1) is 23.5 Å². The van der Waals surface area contributed by atoms with E-state index < -0.39 is 34.7 Å². The SMILES string of the molecule is CC(C)(CCOC(C)(C)c1cccc(C2=N[C@@](C)(C(=O)O)CS2)c1O)Oc1cccc(C2=N[C@@H](C(=O)O)CS2)c1O. The summed E-state index contributed by atoms with van der Waals surface area (Å²) >= 11 is 2.57. The lowest BCUT2D eigenvalue weighted by atomic mass is 9.94. The van der Waals surface area contributed by atoms with E-state index in [9.17, 15) is 30.0 Å². The first-order chi connectivity index (χ1) is 19.1. The highest BCUT2D eigenvalue weighted by atomic mass is 32.2. The first kappa shape index (κ1) is 30.7. The van der Waals surface area contributed by atoms with E-state index >= 15 is 0 Å². The number of thioether (sulfide) groups is 2. The molecule has 2 atom stereocenters. The van der Waals surface area contributed by atoms with Crippen LogP contribution in [-0.4, -0.2) is 77.7 Å². The predicted molar refractivity (Wildman–Crippen MR) is 160 cm³/mol. The molecule has 10 nitrogen and oxygen atoms in total. The van der Waals surface area contributed by atoms with Gasteiger partial charge in [0.25, 0.3) is 0 Å². The standard InChI is InChI=1S/C29H34N2O8S2/c1-27(2,39-20-11-7-9-17(22(20)33)23-30-19(14-40-23)25(34)35)12-13-38-28(3,4)18-10-6-8-16(21(18)32)24-31-29(5,15-41-24)26(36)37/h6-11,19,32-33H,12-15H2,1-5H3,(H,34,35)(H,36,37)/t19-,29-/m1/s1. The molecule has 2 aliphatic heterocycles. The van der Waals surface area contributed by atoms with Crippen molar-refractivity contribution < 1.29 is 39.5 Å². The van der Waals surface area contributed by atoms with E-state index in [0.717, 1.165) is 0 Å². The van der Waals surface area contributed by atoms with E-state index in [1.165, 1.54) is 23.5 Å². The molecule has 0 radical (unpaired) electrons. The van der Waals surface area contributed by atoms with Gasteiger partial charge in [0.2, 0.25) is 0 Å². The van der Waals surface area contributed by atoms with Crippen molar-refractivity contribution in [1.29, 1.82) is 0 Å². The Morgan fingerprint density at radius 1 is 1.00 bits per heavy atom. The molecule has 41 heavy (non-hydrogen) atoms. The molecule has 4 N–H and O–H groups in total. The molecule has 0 aliphatic carbocycles. The minimum absolute atomic E-state index is 0.00605. The van der Waals surface area contributed by atoms with Gasteiger partial charge in [-0.1, -0.05) is 18.2 Å². The summed E-state index contributed by atoms with van der Waals surface area (Å²) in [5, 5.41) is 41.7. The number of hydrogen-bond acceptors (Lipinski definition) is 10. The molecule has 2 aromatic carbocycles. The van der Waals surface area contributed by atoms with Gasteiger partial charge in [0.1, 0.15) is 21.4 Å². The highest BCUT2D eigenvalue weighted by molar-refractivity contribution is 8.15. The highest BCUT2D eigenvalue weighted by Crippen LogP contribution is 2.40. The van der Waals surface area contributed by atoms with Gasteiger partial charge in [-0.2, -0.15) is 0 Å². The average Bonchev–Trinajstić information content (AvgIpc) is 3.53. The Kier molecular flexibility index (Phi) is 8.68. The summed E-state index contributed by atoms with van der Waals surface area (Å²) in [4.78, 5) is 31.4. The number of ether oxygens (including phenoxy) is 2. The molecule has 4 rings (SSSR count). The molecule has 0 unspecified atom stereocenters. The molecule has 0 spiro atoms. The Bertz CT molecular complexity index is 1420. The van der Waals surface area contributed by atoms with Gasteiger partial charge in [0.15, 0.2) is 23.1 Å². The predicted octanol–water partition coefficient (Wildman–Crippen LogP) is 4.88. The van der Waals surface area contributed by atoms with Crippen LogP contribution in [0.2, 0.25) is 0 Å². The lowest BCUT2D eigenvalue weighted by Gasteiger charge is -2.31. The van der Waals surface area contributed by atoms with Gasteiger partial charge in [0, 0.05) is 29.1 Å². The maximum absolute atomic E-state index is 11.6. The third-order valence-corrected chi connectivity index (χ3v) is 9.31. The summed E-state index contributed by atoms with van der Waals surface area (Å²) < 4.78 is 12.4. The number of aliphatic imine (C=N–C) groups is 2. The molecule has 220 valence electrons. The summed E-state index contributed by atoms with van der Waals surface area (Å²) in [6, 6.07) is 9.45. The molecule has 0 fully saturated rings. The molecular weight excluding hydrogens is 568 g/mol. The first-order valence-electron chi connectivity index (χ1n) is 13.0. The summed E-state index contributed by atoms with van der Waals surface area (Å²) in [5.41, 5.74) is -1.45. The Hall–Kier alpha value is -3.22. The van der Waals surface area contributed by atoms with Crippen molar-refractivity contribution in [3.63, 3.8) is 0 Å². The molecular formula is C29H34N2O8S2. The van der Waals surface area contributed by atoms with Crippen molar-refractivity contribution >= 4 is 45.5 Å². The molecule has 2 heterocycles. The molecule has 0 saturated heterocycles. The Balaban J connectivity index is 1.43. The lowest BCUT2D eigenvalue weighted by molar-refractivity contribution is -0.141. The van der Waals surface area contributed by atoms with Crippen LogP contribution in [0, 0.1) is 0 Å². The minimum atomic E-state index is -1.24. The number of carbonyl (C=O) groups is 2. The molecule has 2 aromatic rings. The zero-order chi connectivity index (χ0) is 30.2. The number of rotatable bonds is 11. The summed E-state index contributed by atoms with van der Waals surface area (Å²) in [6.07, 6.45) is 0.441. The highest BCUT2D eigenvalue weighted by Gasteiger charge is 2.39. The topological polar surface area (TPSA) is 158 Å². The molecule has 0 amide bonds. The monoisotopic (exact) mass is 602 g/mol. The van der Waals surface area contributed by atoms with Gasteiger partial charge in [-0.3, -0.25) is 9.98 Å². The number of carboxylic acids is 2. The fraction of sp³-hybridized carbons (Fsp3) is 0.448. The van der Waals surface area contributed by atoms with E-state index in [1.807, 2.05) is 27.7 Å². The van der Waals surface area contributed by atoms with Crippen molar-refractivity contribution in [2.24, 2.45) is 9.98 Å². The normalized spacial score (nSPS) is 21.0. The second-order valence-electron chi connectivity index (χ2n) is 11.2. The van der Waals surface area contributed by atoms with E-state index in [2.05, 4.69) is 9.98 Å². The Labute approximate surface area is 246 Å². The van der Waals surface area contributed by atoms with E-state index in [0.29, 0.717) is 39.0 Å². The third-order valence-electron chi connectivity index (χ3n) is 6.93. The quantitative estimate of drug-likeness (QED) is 0.279. The number of carboxylic acid groups (broad SMARTS) is 2. The van der Waals surface area contributed by atoms with E-state index in [4.69, 9.17) is 9.47 Å². The van der Waals surface area contributed by atoms with Crippen LogP contribution in [0.25, 0.3) is 0 Å². The number of nitrogens with zero attached hydrogens (tertiary/aromatic N) is 2. The smallest absolute Gasteiger partial charge is 0.332 e. The summed E-state index contributed by atoms with van der Waals surface area (Å²) in [7, 11) is 0. The van der Waals surface area contributed by atoms with Crippen molar-refractivity contribution in [2.75, 3.05) is 18.1 Å². The second-order valence-corrected chi connectivity index (χ2v) is 13.2. The number of para-hydroxylation sites is 2. The number of phenols is 2. The van der Waals surface area contributed by atoms with Crippen molar-refractivity contribution in [3.8, 4) is 17.2 Å². The number of hydrogen-bond donors (Lipinski definition) is 4. The molecule has 2 aliphatic rings. The van der Waals surface area contributed by atoms with Crippen molar-refractivity contribution in [3.05, 3.63) is 53.1 Å². The van der Waals surface area contributed by atoms with Crippen molar-refractivity contribution in [2.45, 2.75) is 63.8 Å². The minimum Gasteiger partial charge on any atom is -0.507 e. The molecule has 0 bridgehead atoms. The van der Waals surface area contributed by atoms with Gasteiger partial charge >= 0.3 is 11.9 Å². The van der Waals surface area contributed by atoms with Crippen LogP contribution in [0.4, 0.5) is 0 Å². The zero-order valence-electron chi connectivity index (χ0n) is 23.5. The molecule has 0 aromatic heterocycles. The zero-order valence-corrected chi connectivity index (χ0v) is 25.1. The number of aliphatic carboxylic acids is 2. The van der Waals surface area contributed by atoms with Crippen LogP contribution in [0.3, 0.4) is 0 Å². The summed E-state index contributed by atoms with van der Waals surface area (Å²) in [5.74, 6) is -1.28. The number of aromatic hydroxyl groups is 2. The van der Waals surface area contributed by atoms with Crippen LogP contribution < -0.4 is 4.74 Å². The largest absolute Gasteiger partial charge is 0.507 e. The maximum atomic E-state index is 11.6. The van der Waals surface area contributed by atoms with Crippen LogP contribution in [-0.2, 0) is 19.9 Å². The van der Waals surface area contributed by atoms with Crippen LogP contribution in [0.5, 0.6) is 17.2 Å².